The Bertz CT molecular complexity index is 1210. The van der Waals surface area contributed by atoms with E-state index in [4.69, 9.17) is 9.72 Å². The normalized spacial score (nSPS) is 16.8. The highest BCUT2D eigenvalue weighted by atomic mass is 19.1. The van der Waals surface area contributed by atoms with Crippen molar-refractivity contribution in [3.8, 4) is 0 Å². The van der Waals surface area contributed by atoms with Crippen LogP contribution in [0.25, 0.3) is 11.0 Å². The first-order valence-corrected chi connectivity index (χ1v) is 11.3. The predicted octanol–water partition coefficient (Wildman–Crippen LogP) is 4.69. The van der Waals surface area contributed by atoms with Crippen LogP contribution < -0.4 is 5.32 Å². The second-order valence-corrected chi connectivity index (χ2v) is 8.22. The zero-order valence-corrected chi connectivity index (χ0v) is 18.6. The van der Waals surface area contributed by atoms with Crippen molar-refractivity contribution in [2.24, 2.45) is 0 Å². The van der Waals surface area contributed by atoms with Gasteiger partial charge >= 0.3 is 0 Å². The molecule has 1 aliphatic rings. The zero-order valence-electron chi connectivity index (χ0n) is 18.6. The Balaban J connectivity index is 1.27. The zero-order chi connectivity index (χ0) is 22.6. The minimum atomic E-state index is -0.363. The average Bonchev–Trinajstić information content (AvgIpc) is 3.18. The van der Waals surface area contributed by atoms with Crippen molar-refractivity contribution < 1.29 is 9.13 Å². The van der Waals surface area contributed by atoms with Crippen molar-refractivity contribution in [3.63, 3.8) is 0 Å². The third kappa shape index (κ3) is 4.86. The number of rotatable bonds is 7. The van der Waals surface area contributed by atoms with E-state index < -0.39 is 0 Å². The van der Waals surface area contributed by atoms with Crippen molar-refractivity contribution in [2.45, 2.75) is 32.5 Å². The van der Waals surface area contributed by atoms with Gasteiger partial charge in [-0.3, -0.25) is 9.88 Å². The quantitative estimate of drug-likeness (QED) is 0.444. The van der Waals surface area contributed by atoms with Gasteiger partial charge in [-0.15, -0.1) is 0 Å². The maximum atomic E-state index is 13.0. The van der Waals surface area contributed by atoms with Crippen molar-refractivity contribution in [3.05, 3.63) is 78.3 Å². The first-order valence-electron chi connectivity index (χ1n) is 11.3. The molecule has 1 aliphatic heterocycles. The van der Waals surface area contributed by atoms with Crippen LogP contribution in [-0.2, 0) is 17.8 Å². The van der Waals surface area contributed by atoms with Crippen LogP contribution in [0.15, 0.2) is 60.9 Å². The van der Waals surface area contributed by atoms with E-state index in [-0.39, 0.29) is 11.9 Å². The van der Waals surface area contributed by atoms with Gasteiger partial charge in [-0.2, -0.15) is 0 Å². The van der Waals surface area contributed by atoms with Crippen molar-refractivity contribution >= 4 is 22.5 Å². The molecular weight excluding hydrogens is 419 g/mol. The lowest BCUT2D eigenvalue weighted by molar-refractivity contribution is -0.0359. The third-order valence-corrected chi connectivity index (χ3v) is 5.81. The summed E-state index contributed by atoms with van der Waals surface area (Å²) < 4.78 is 21.4. The van der Waals surface area contributed by atoms with Gasteiger partial charge in [0.25, 0.3) is 0 Å². The molecule has 33 heavy (non-hydrogen) atoms. The second kappa shape index (κ2) is 9.64. The molecule has 1 fully saturated rings. The number of benzene rings is 1. The molecule has 0 spiro atoms. The number of hydrogen-bond donors (Lipinski definition) is 1. The van der Waals surface area contributed by atoms with E-state index >= 15 is 0 Å². The Morgan fingerprint density at radius 1 is 1.09 bits per heavy atom. The number of nitrogens with zero attached hydrogens (tertiary/aromatic N) is 5. The number of morpholine rings is 1. The number of nitrogens with one attached hydrogen (secondary N) is 1. The fourth-order valence-electron chi connectivity index (χ4n) is 4.21. The maximum Gasteiger partial charge on any atom is 0.141 e. The fourth-order valence-corrected chi connectivity index (χ4v) is 4.21. The van der Waals surface area contributed by atoms with Gasteiger partial charge in [0, 0.05) is 19.6 Å². The number of anilines is 2. The largest absolute Gasteiger partial charge is 0.369 e. The molecule has 1 atom stereocenters. The van der Waals surface area contributed by atoms with Crippen molar-refractivity contribution in [1.82, 2.24) is 24.4 Å². The van der Waals surface area contributed by atoms with Gasteiger partial charge in [-0.25, -0.2) is 14.4 Å². The average molecular weight is 447 g/mol. The Morgan fingerprint density at radius 2 is 2.00 bits per heavy atom. The summed E-state index contributed by atoms with van der Waals surface area (Å²) in [5.41, 5.74) is 3.92. The van der Waals surface area contributed by atoms with E-state index in [2.05, 4.69) is 49.9 Å². The van der Waals surface area contributed by atoms with Crippen LogP contribution in [0, 0.1) is 5.82 Å². The molecule has 1 N–H and O–H groups in total. The summed E-state index contributed by atoms with van der Waals surface area (Å²) in [6.45, 7) is 6.21. The van der Waals surface area contributed by atoms with Crippen molar-refractivity contribution in [1.29, 1.82) is 0 Å². The minimum Gasteiger partial charge on any atom is -0.369 e. The molecule has 0 bridgehead atoms. The van der Waals surface area contributed by atoms with Crippen LogP contribution in [0.4, 0.5) is 15.9 Å². The summed E-state index contributed by atoms with van der Waals surface area (Å²) in [4.78, 5) is 15.9. The van der Waals surface area contributed by atoms with Crippen LogP contribution in [0.2, 0.25) is 0 Å². The van der Waals surface area contributed by atoms with Gasteiger partial charge < -0.3 is 14.6 Å². The van der Waals surface area contributed by atoms with Gasteiger partial charge in [0.1, 0.15) is 23.6 Å². The maximum absolute atomic E-state index is 13.0. The molecule has 4 heterocycles. The van der Waals surface area contributed by atoms with E-state index in [1.54, 1.807) is 12.3 Å². The highest BCUT2D eigenvalue weighted by Gasteiger charge is 2.24. The summed E-state index contributed by atoms with van der Waals surface area (Å²) in [7, 11) is 0. The van der Waals surface area contributed by atoms with Crippen LogP contribution in [-0.4, -0.2) is 44.1 Å². The molecule has 170 valence electrons. The predicted molar refractivity (Wildman–Crippen MR) is 126 cm³/mol. The number of ether oxygens (including phenoxy) is 1. The first-order chi connectivity index (χ1) is 16.2. The van der Waals surface area contributed by atoms with Crippen LogP contribution in [0.1, 0.15) is 31.0 Å². The molecule has 4 aromatic rings. The summed E-state index contributed by atoms with van der Waals surface area (Å²) >= 11 is 0. The number of aromatic nitrogens is 4. The highest BCUT2D eigenvalue weighted by molar-refractivity contribution is 5.75. The molecule has 3 aromatic heterocycles. The number of halogens is 1. The van der Waals surface area contributed by atoms with Gasteiger partial charge in [0.15, 0.2) is 0 Å². The van der Waals surface area contributed by atoms with Gasteiger partial charge in [0.05, 0.1) is 48.0 Å². The number of imidazole rings is 1. The molecule has 7 nitrogen and oxygen atoms in total. The molecule has 0 aliphatic carbocycles. The summed E-state index contributed by atoms with van der Waals surface area (Å²) in [6.07, 6.45) is 3.91. The SMILES string of the molecule is CCCn1c(CN2CCO[C@@H](c3ccc(Nc4ccc(F)cn4)cn3)C2)nc2ccccc21. The van der Waals surface area contributed by atoms with Gasteiger partial charge in [0.2, 0.25) is 0 Å². The molecule has 0 amide bonds. The monoisotopic (exact) mass is 446 g/mol. The Kier molecular flexibility index (Phi) is 6.28. The Labute approximate surface area is 192 Å². The van der Waals surface area contributed by atoms with Crippen LogP contribution in [0.5, 0.6) is 0 Å². The highest BCUT2D eigenvalue weighted by Crippen LogP contribution is 2.25. The lowest BCUT2D eigenvalue weighted by Crippen LogP contribution is -2.38. The molecule has 0 saturated carbocycles. The number of aryl methyl sites for hydroxylation is 1. The Hall–Kier alpha value is -3.36. The number of para-hydroxylation sites is 2. The molecule has 0 radical (unpaired) electrons. The van der Waals surface area contributed by atoms with E-state index in [1.807, 2.05) is 18.2 Å². The van der Waals surface area contributed by atoms with Gasteiger partial charge in [-0.05, 0) is 42.8 Å². The minimum absolute atomic E-state index is 0.0965. The van der Waals surface area contributed by atoms with Crippen LogP contribution in [0.3, 0.4) is 0 Å². The summed E-state index contributed by atoms with van der Waals surface area (Å²) in [5.74, 6) is 1.30. The molecular formula is C25H27FN6O. The molecule has 8 heteroatoms. The number of hydrogen-bond acceptors (Lipinski definition) is 6. The molecule has 1 aromatic carbocycles. The van der Waals surface area contributed by atoms with Crippen LogP contribution >= 0.6 is 0 Å². The van der Waals surface area contributed by atoms with E-state index in [9.17, 15) is 4.39 Å². The summed E-state index contributed by atoms with van der Waals surface area (Å²) in [6, 6.07) is 15.2. The molecule has 0 unspecified atom stereocenters. The molecule has 1 saturated heterocycles. The Morgan fingerprint density at radius 3 is 2.79 bits per heavy atom. The second-order valence-electron chi connectivity index (χ2n) is 8.22. The van der Waals surface area contributed by atoms with Crippen molar-refractivity contribution in [2.75, 3.05) is 25.0 Å². The third-order valence-electron chi connectivity index (χ3n) is 5.81. The lowest BCUT2D eigenvalue weighted by Gasteiger charge is -2.32. The van der Waals surface area contributed by atoms with E-state index in [0.29, 0.717) is 12.4 Å². The summed E-state index contributed by atoms with van der Waals surface area (Å²) in [5, 5.41) is 3.13. The number of pyridine rings is 2. The fraction of sp³-hybridized carbons (Fsp3) is 0.320. The standard InChI is InChI=1S/C25H27FN6O/c1-2-11-32-22-6-4-3-5-20(22)30-25(32)17-31-12-13-33-23(16-31)21-9-8-19(15-27-21)29-24-10-7-18(26)14-28-24/h3-10,14-15,23H,2,11-13,16-17H2,1H3,(H,28,29)/t23-/m1/s1. The van der Waals surface area contributed by atoms with E-state index in [1.165, 1.54) is 17.8 Å². The van der Waals surface area contributed by atoms with E-state index in [0.717, 1.165) is 55.3 Å². The smallest absolute Gasteiger partial charge is 0.141 e. The first kappa shape index (κ1) is 21.5. The van der Waals surface area contributed by atoms with Gasteiger partial charge in [-0.1, -0.05) is 19.1 Å². The topological polar surface area (TPSA) is 68.1 Å². The molecule has 5 rings (SSSR count). The number of fused-ring (bicyclic) bond motifs is 1. The lowest BCUT2D eigenvalue weighted by atomic mass is 10.2.